The quantitative estimate of drug-likeness (QED) is 0.891. The fraction of sp³-hybridized carbons (Fsp3) is 0.154. The zero-order chi connectivity index (χ0) is 13.0. The smallest absolute Gasteiger partial charge is 0.145 e. The molecule has 1 aromatic carbocycles. The summed E-state index contributed by atoms with van der Waals surface area (Å²) in [6, 6.07) is 8.20. The lowest BCUT2D eigenvalue weighted by molar-refractivity contribution is 0.627. The van der Waals surface area contributed by atoms with Crippen molar-refractivity contribution in [2.24, 2.45) is 0 Å². The minimum absolute atomic E-state index is 0.196. The van der Waals surface area contributed by atoms with Gasteiger partial charge in [-0.3, -0.25) is 0 Å². The van der Waals surface area contributed by atoms with Crippen molar-refractivity contribution in [3.05, 3.63) is 53.2 Å². The van der Waals surface area contributed by atoms with Gasteiger partial charge in [0.2, 0.25) is 0 Å². The van der Waals surface area contributed by atoms with Crippen molar-refractivity contribution in [1.82, 2.24) is 9.97 Å². The zero-order valence-electron chi connectivity index (χ0n) is 9.60. The lowest BCUT2D eigenvalue weighted by Crippen LogP contribution is -2.03. The molecule has 0 atom stereocenters. The van der Waals surface area contributed by atoms with Gasteiger partial charge in [0.15, 0.2) is 0 Å². The summed E-state index contributed by atoms with van der Waals surface area (Å²) < 4.78 is 12.7. The van der Waals surface area contributed by atoms with Crippen molar-refractivity contribution >= 4 is 5.82 Å². The average molecular weight is 242 g/mol. The van der Waals surface area contributed by atoms with Crippen molar-refractivity contribution in [1.29, 1.82) is 5.26 Å². The Balaban J connectivity index is 2.04. The number of nitrogen functional groups attached to an aromatic ring is 1. The number of aryl methyl sites for hydroxylation is 2. The molecular formula is C13H11FN4. The van der Waals surface area contributed by atoms with Crippen molar-refractivity contribution in [3.63, 3.8) is 0 Å². The molecule has 0 amide bonds. The summed E-state index contributed by atoms with van der Waals surface area (Å²) in [7, 11) is 0. The highest BCUT2D eigenvalue weighted by Crippen LogP contribution is 2.09. The van der Waals surface area contributed by atoms with Crippen LogP contribution in [0.25, 0.3) is 0 Å². The number of benzene rings is 1. The Labute approximate surface area is 104 Å². The van der Waals surface area contributed by atoms with Crippen LogP contribution in [0.5, 0.6) is 0 Å². The molecule has 0 radical (unpaired) electrons. The van der Waals surface area contributed by atoms with Gasteiger partial charge in [-0.25, -0.2) is 14.4 Å². The van der Waals surface area contributed by atoms with Crippen molar-refractivity contribution in [3.8, 4) is 6.07 Å². The normalized spacial score (nSPS) is 10.0. The van der Waals surface area contributed by atoms with E-state index >= 15 is 0 Å². The number of halogens is 1. The summed E-state index contributed by atoms with van der Waals surface area (Å²) in [5.74, 6) is 0.523. The molecule has 0 spiro atoms. The number of hydrogen-bond donors (Lipinski definition) is 1. The van der Waals surface area contributed by atoms with Gasteiger partial charge >= 0.3 is 0 Å². The first-order valence-corrected chi connectivity index (χ1v) is 5.45. The van der Waals surface area contributed by atoms with E-state index in [1.165, 1.54) is 18.3 Å². The number of nitrogens with two attached hydrogens (primary N) is 1. The van der Waals surface area contributed by atoms with Crippen LogP contribution in [0.3, 0.4) is 0 Å². The van der Waals surface area contributed by atoms with E-state index in [4.69, 9.17) is 11.0 Å². The Hall–Kier alpha value is -2.48. The molecule has 0 saturated carbocycles. The second kappa shape index (κ2) is 5.23. The molecule has 2 aromatic rings. The predicted molar refractivity (Wildman–Crippen MR) is 65.0 cm³/mol. The minimum Gasteiger partial charge on any atom is -0.382 e. The van der Waals surface area contributed by atoms with Gasteiger partial charge < -0.3 is 5.73 Å². The molecule has 0 bridgehead atoms. The molecule has 0 aliphatic heterocycles. The summed E-state index contributed by atoms with van der Waals surface area (Å²) in [6.07, 6.45) is 2.72. The third kappa shape index (κ3) is 2.80. The number of nitrogens with zero attached hydrogens (tertiary/aromatic N) is 3. The van der Waals surface area contributed by atoms with E-state index in [0.717, 1.165) is 5.56 Å². The maximum absolute atomic E-state index is 12.7. The second-order valence-electron chi connectivity index (χ2n) is 3.82. The van der Waals surface area contributed by atoms with Gasteiger partial charge in [0.1, 0.15) is 29.1 Å². The Morgan fingerprint density at radius 2 is 1.94 bits per heavy atom. The molecule has 2 rings (SSSR count). The molecule has 0 saturated heterocycles. The van der Waals surface area contributed by atoms with Crippen molar-refractivity contribution < 1.29 is 4.39 Å². The zero-order valence-corrected chi connectivity index (χ0v) is 9.60. The first-order valence-electron chi connectivity index (χ1n) is 5.45. The molecule has 0 unspecified atom stereocenters. The summed E-state index contributed by atoms with van der Waals surface area (Å²) in [4.78, 5) is 8.10. The maximum Gasteiger partial charge on any atom is 0.145 e. The molecular weight excluding hydrogens is 231 g/mol. The van der Waals surface area contributed by atoms with Crippen LogP contribution in [-0.4, -0.2) is 9.97 Å². The summed E-state index contributed by atoms with van der Waals surface area (Å²) in [6.45, 7) is 0. The van der Waals surface area contributed by atoms with Gasteiger partial charge in [-0.05, 0) is 24.1 Å². The van der Waals surface area contributed by atoms with Crippen LogP contribution in [0.4, 0.5) is 10.2 Å². The van der Waals surface area contributed by atoms with Crippen LogP contribution < -0.4 is 5.73 Å². The van der Waals surface area contributed by atoms with Crippen LogP contribution in [0, 0.1) is 17.1 Å². The number of rotatable bonds is 3. The van der Waals surface area contributed by atoms with E-state index in [9.17, 15) is 4.39 Å². The van der Waals surface area contributed by atoms with E-state index in [-0.39, 0.29) is 17.2 Å². The van der Waals surface area contributed by atoms with Crippen LogP contribution in [0.2, 0.25) is 0 Å². The monoisotopic (exact) mass is 242 g/mol. The van der Waals surface area contributed by atoms with Gasteiger partial charge in [-0.1, -0.05) is 12.1 Å². The molecule has 0 aliphatic carbocycles. The molecule has 18 heavy (non-hydrogen) atoms. The maximum atomic E-state index is 12.7. The Morgan fingerprint density at radius 3 is 2.56 bits per heavy atom. The lowest BCUT2D eigenvalue weighted by Gasteiger charge is -2.02. The SMILES string of the molecule is N#Cc1cnc(CCc2ccc(F)cc2)nc1N. The first kappa shape index (κ1) is 12.0. The fourth-order valence-electron chi connectivity index (χ4n) is 1.55. The van der Waals surface area contributed by atoms with E-state index in [0.29, 0.717) is 18.7 Å². The average Bonchev–Trinajstić information content (AvgIpc) is 2.38. The molecule has 0 fully saturated rings. The molecule has 5 heteroatoms. The highest BCUT2D eigenvalue weighted by Gasteiger charge is 2.04. The standard InChI is InChI=1S/C13H11FN4/c14-11-4-1-9(2-5-11)3-6-12-17-8-10(7-15)13(16)18-12/h1-2,4-5,8H,3,6H2,(H2,16,17,18). The van der Waals surface area contributed by atoms with E-state index in [1.54, 1.807) is 12.1 Å². The van der Waals surface area contributed by atoms with Crippen LogP contribution in [0.1, 0.15) is 17.0 Å². The molecule has 1 heterocycles. The number of hydrogen-bond acceptors (Lipinski definition) is 4. The van der Waals surface area contributed by atoms with Crippen LogP contribution in [-0.2, 0) is 12.8 Å². The molecule has 0 aliphatic rings. The Morgan fingerprint density at radius 1 is 1.22 bits per heavy atom. The molecule has 2 N–H and O–H groups in total. The molecule has 4 nitrogen and oxygen atoms in total. The van der Waals surface area contributed by atoms with E-state index in [2.05, 4.69) is 9.97 Å². The van der Waals surface area contributed by atoms with E-state index < -0.39 is 0 Å². The van der Waals surface area contributed by atoms with Crippen LogP contribution >= 0.6 is 0 Å². The largest absolute Gasteiger partial charge is 0.382 e. The van der Waals surface area contributed by atoms with Gasteiger partial charge in [-0.2, -0.15) is 5.26 Å². The minimum atomic E-state index is -0.252. The van der Waals surface area contributed by atoms with Crippen LogP contribution in [0.15, 0.2) is 30.5 Å². The first-order chi connectivity index (χ1) is 8.69. The van der Waals surface area contributed by atoms with Gasteiger partial charge in [0, 0.05) is 6.42 Å². The van der Waals surface area contributed by atoms with Gasteiger partial charge in [-0.15, -0.1) is 0 Å². The molecule has 1 aromatic heterocycles. The third-order valence-electron chi connectivity index (χ3n) is 2.54. The summed E-state index contributed by atoms with van der Waals surface area (Å²) >= 11 is 0. The summed E-state index contributed by atoms with van der Waals surface area (Å²) in [5, 5.41) is 8.70. The fourth-order valence-corrected chi connectivity index (χ4v) is 1.55. The van der Waals surface area contributed by atoms with E-state index in [1.807, 2.05) is 6.07 Å². The Kier molecular flexibility index (Phi) is 3.49. The predicted octanol–water partition coefficient (Wildman–Crippen LogP) is 1.85. The van der Waals surface area contributed by atoms with Crippen molar-refractivity contribution in [2.45, 2.75) is 12.8 Å². The topological polar surface area (TPSA) is 75.6 Å². The van der Waals surface area contributed by atoms with Gasteiger partial charge in [0.05, 0.1) is 6.20 Å². The lowest BCUT2D eigenvalue weighted by atomic mass is 10.1. The molecule has 90 valence electrons. The second-order valence-corrected chi connectivity index (χ2v) is 3.82. The number of aromatic nitrogens is 2. The number of nitriles is 1. The highest BCUT2D eigenvalue weighted by atomic mass is 19.1. The Bertz CT molecular complexity index is 587. The third-order valence-corrected chi connectivity index (χ3v) is 2.54. The van der Waals surface area contributed by atoms with Gasteiger partial charge in [0.25, 0.3) is 0 Å². The number of anilines is 1. The highest BCUT2D eigenvalue weighted by molar-refractivity contribution is 5.46. The summed E-state index contributed by atoms with van der Waals surface area (Å²) in [5.41, 5.74) is 6.88. The van der Waals surface area contributed by atoms with Crippen molar-refractivity contribution in [2.75, 3.05) is 5.73 Å².